The van der Waals surface area contributed by atoms with Gasteiger partial charge in [-0.05, 0) is 79.7 Å². The fourth-order valence-corrected chi connectivity index (χ4v) is 7.17. The van der Waals surface area contributed by atoms with Gasteiger partial charge in [0.1, 0.15) is 12.4 Å². The average Bonchev–Trinajstić information content (AvgIpc) is 3.33. The van der Waals surface area contributed by atoms with Crippen LogP contribution in [0.25, 0.3) is 0 Å². The molecule has 0 saturated heterocycles. The van der Waals surface area contributed by atoms with E-state index in [1.807, 2.05) is 18.2 Å². The van der Waals surface area contributed by atoms with Crippen molar-refractivity contribution in [1.29, 1.82) is 0 Å². The maximum absolute atomic E-state index is 9.88. The molecule has 0 bridgehead atoms. The van der Waals surface area contributed by atoms with E-state index in [-0.39, 0.29) is 30.7 Å². The molecular formula is C36H44ClN2O4+. The molecule has 2 aromatic rings. The van der Waals surface area contributed by atoms with E-state index in [2.05, 4.69) is 79.7 Å². The molecule has 7 heteroatoms. The van der Waals surface area contributed by atoms with Gasteiger partial charge >= 0.3 is 0 Å². The molecule has 0 fully saturated rings. The molecule has 2 aromatic carbocycles. The number of aliphatic hydroxyl groups is 3. The van der Waals surface area contributed by atoms with Gasteiger partial charge in [0.05, 0.1) is 25.7 Å². The SMILES string of the molecule is COc1ccc2c(c1)C(C)(C)C(/C=C/C1=C(Cl)C(=C/C=C3/N(CCO)c4ccc(CO)cc4C3(C)C)/CCC1)=[N+]2CCO. The second-order valence-corrected chi connectivity index (χ2v) is 12.9. The molecular weight excluding hydrogens is 560 g/mol. The third-order valence-corrected chi connectivity index (χ3v) is 9.71. The number of rotatable bonds is 9. The number of aliphatic hydroxyl groups excluding tert-OH is 3. The van der Waals surface area contributed by atoms with Crippen LogP contribution in [0, 0.1) is 0 Å². The van der Waals surface area contributed by atoms with Gasteiger partial charge in [0.25, 0.3) is 0 Å². The second-order valence-electron chi connectivity index (χ2n) is 12.5. The number of β-amino-alcohol motifs (C(OH)–C–C–N with tert-alkyl or cyclic N) is 2. The van der Waals surface area contributed by atoms with E-state index in [1.54, 1.807) is 7.11 Å². The maximum atomic E-state index is 9.88. The van der Waals surface area contributed by atoms with E-state index in [1.165, 1.54) is 5.56 Å². The number of benzene rings is 2. The predicted octanol–water partition coefficient (Wildman–Crippen LogP) is 6.39. The Morgan fingerprint density at radius 2 is 1.72 bits per heavy atom. The summed E-state index contributed by atoms with van der Waals surface area (Å²) in [5, 5.41) is 30.3. The number of fused-ring (bicyclic) bond motifs is 2. The minimum atomic E-state index is -0.293. The van der Waals surface area contributed by atoms with Crippen LogP contribution >= 0.6 is 11.6 Å². The molecule has 3 N–H and O–H groups in total. The van der Waals surface area contributed by atoms with Gasteiger partial charge in [-0.1, -0.05) is 49.7 Å². The topological polar surface area (TPSA) is 76.2 Å². The molecule has 2 heterocycles. The molecule has 5 rings (SSSR count). The monoisotopic (exact) mass is 603 g/mol. The lowest BCUT2D eigenvalue weighted by Crippen LogP contribution is -2.28. The number of nitrogens with zero attached hydrogens (tertiary/aromatic N) is 2. The van der Waals surface area contributed by atoms with Crippen molar-refractivity contribution in [3.8, 4) is 5.75 Å². The fourth-order valence-electron chi connectivity index (χ4n) is 6.85. The number of allylic oxidation sites excluding steroid dienone is 8. The summed E-state index contributed by atoms with van der Waals surface area (Å²) in [6.45, 7) is 9.89. The lowest BCUT2D eigenvalue weighted by Gasteiger charge is -2.26. The largest absolute Gasteiger partial charge is 0.497 e. The van der Waals surface area contributed by atoms with E-state index >= 15 is 0 Å². The standard InChI is InChI=1S/C36H44ClN2O4/c1-35(2)28-21-24(23-42)9-13-30(28)38(17-19-40)32(35)15-10-25-7-6-8-26(34(25)37)11-16-33-36(3,4)29-22-27(43-5)12-14-31(29)39(33)18-20-41/h9-16,21-22,40-42H,6-8,17-20,23H2,1-5H3/q+1. The minimum Gasteiger partial charge on any atom is -0.497 e. The van der Waals surface area contributed by atoms with E-state index in [9.17, 15) is 15.3 Å². The van der Waals surface area contributed by atoms with Gasteiger partial charge in [0.2, 0.25) is 5.69 Å². The minimum absolute atomic E-state index is 0.00246. The van der Waals surface area contributed by atoms with Crippen LogP contribution in [-0.2, 0) is 17.4 Å². The van der Waals surface area contributed by atoms with Crippen molar-refractivity contribution in [2.45, 2.75) is 64.4 Å². The number of hydrogen-bond donors (Lipinski definition) is 3. The van der Waals surface area contributed by atoms with Crippen LogP contribution in [0.4, 0.5) is 11.4 Å². The van der Waals surface area contributed by atoms with Crippen molar-refractivity contribution in [1.82, 2.24) is 0 Å². The van der Waals surface area contributed by atoms with Crippen LogP contribution in [0.5, 0.6) is 5.75 Å². The zero-order valence-corrected chi connectivity index (χ0v) is 26.7. The van der Waals surface area contributed by atoms with Gasteiger partial charge in [-0.2, -0.15) is 4.58 Å². The van der Waals surface area contributed by atoms with E-state index in [4.69, 9.17) is 16.3 Å². The number of methoxy groups -OCH3 is 1. The summed E-state index contributed by atoms with van der Waals surface area (Å²) in [5.41, 5.74) is 9.22. The third-order valence-electron chi connectivity index (χ3n) is 9.23. The smallest absolute Gasteiger partial charge is 0.210 e. The van der Waals surface area contributed by atoms with E-state index < -0.39 is 0 Å². The normalized spacial score (nSPS) is 21.0. The average molecular weight is 604 g/mol. The molecule has 1 aliphatic carbocycles. The fraction of sp³-hybridized carbons (Fsp3) is 0.417. The van der Waals surface area contributed by atoms with Crippen molar-refractivity contribution in [3.05, 3.63) is 99.3 Å². The Morgan fingerprint density at radius 3 is 2.42 bits per heavy atom. The highest BCUT2D eigenvalue weighted by Gasteiger charge is 2.44. The van der Waals surface area contributed by atoms with E-state index in [0.29, 0.717) is 13.1 Å². The maximum Gasteiger partial charge on any atom is 0.210 e. The number of hydrogen-bond acceptors (Lipinski definition) is 5. The summed E-state index contributed by atoms with van der Waals surface area (Å²) in [4.78, 5) is 2.18. The van der Waals surface area contributed by atoms with Crippen molar-refractivity contribution in [2.24, 2.45) is 0 Å². The number of halogens is 1. The zero-order valence-electron chi connectivity index (χ0n) is 26.0. The van der Waals surface area contributed by atoms with Crippen LogP contribution in [0.3, 0.4) is 0 Å². The Hall–Kier alpha value is -3.16. The first kappa shape index (κ1) is 31.3. The van der Waals surface area contributed by atoms with Gasteiger partial charge < -0.3 is 25.0 Å². The molecule has 2 aliphatic heterocycles. The van der Waals surface area contributed by atoms with Gasteiger partial charge in [-0.25, -0.2) is 0 Å². The lowest BCUT2D eigenvalue weighted by molar-refractivity contribution is -0.441. The van der Waals surface area contributed by atoms with Gasteiger partial charge in [-0.15, -0.1) is 0 Å². The number of ether oxygens (including phenoxy) is 1. The van der Waals surface area contributed by atoms with Crippen molar-refractivity contribution >= 4 is 28.7 Å². The molecule has 0 spiro atoms. The van der Waals surface area contributed by atoms with Crippen LogP contribution in [0.1, 0.15) is 63.6 Å². The first-order chi connectivity index (χ1) is 20.6. The van der Waals surface area contributed by atoms with Gasteiger partial charge in [0, 0.05) is 46.1 Å². The highest BCUT2D eigenvalue weighted by molar-refractivity contribution is 6.32. The lowest BCUT2D eigenvalue weighted by atomic mass is 9.81. The first-order valence-electron chi connectivity index (χ1n) is 15.1. The summed E-state index contributed by atoms with van der Waals surface area (Å²) in [6, 6.07) is 12.2. The molecule has 3 aliphatic rings. The molecule has 228 valence electrons. The summed E-state index contributed by atoms with van der Waals surface area (Å²) in [7, 11) is 1.68. The van der Waals surface area contributed by atoms with Gasteiger partial charge in [0.15, 0.2) is 12.3 Å². The molecule has 43 heavy (non-hydrogen) atoms. The highest BCUT2D eigenvalue weighted by Crippen LogP contribution is 2.48. The van der Waals surface area contributed by atoms with E-state index in [0.717, 1.165) is 75.1 Å². The zero-order chi connectivity index (χ0) is 30.9. The second kappa shape index (κ2) is 12.4. The summed E-state index contributed by atoms with van der Waals surface area (Å²) in [6.07, 6.45) is 11.4. The Balaban J connectivity index is 1.49. The first-order valence-corrected chi connectivity index (χ1v) is 15.5. The highest BCUT2D eigenvalue weighted by atomic mass is 35.5. The quantitative estimate of drug-likeness (QED) is 0.290. The summed E-state index contributed by atoms with van der Waals surface area (Å²) >= 11 is 7.08. The van der Waals surface area contributed by atoms with Crippen LogP contribution < -0.4 is 9.64 Å². The molecule has 0 radical (unpaired) electrons. The van der Waals surface area contributed by atoms with Crippen molar-refractivity contribution in [3.63, 3.8) is 0 Å². The third kappa shape index (κ3) is 5.62. The molecule has 0 amide bonds. The molecule has 0 aromatic heterocycles. The van der Waals surface area contributed by atoms with Crippen LogP contribution in [-0.4, -0.2) is 59.0 Å². The Kier molecular flexibility index (Phi) is 9.05. The predicted molar refractivity (Wildman–Crippen MR) is 175 cm³/mol. The van der Waals surface area contributed by atoms with Crippen molar-refractivity contribution in [2.75, 3.05) is 38.3 Å². The Bertz CT molecular complexity index is 1560. The molecule has 0 unspecified atom stereocenters. The van der Waals surface area contributed by atoms with Crippen LogP contribution in [0.2, 0.25) is 0 Å². The van der Waals surface area contributed by atoms with Gasteiger partial charge in [-0.3, -0.25) is 0 Å². The number of anilines is 1. The summed E-state index contributed by atoms with van der Waals surface area (Å²) in [5.74, 6) is 0.822. The molecule has 0 atom stereocenters. The Morgan fingerprint density at radius 1 is 0.930 bits per heavy atom. The Labute approximate surface area is 260 Å². The molecule has 0 saturated carbocycles. The summed E-state index contributed by atoms with van der Waals surface area (Å²) < 4.78 is 7.71. The van der Waals surface area contributed by atoms with Crippen LogP contribution in [0.15, 0.2) is 82.6 Å². The van der Waals surface area contributed by atoms with Crippen molar-refractivity contribution < 1.29 is 24.6 Å². The molecule has 6 nitrogen and oxygen atoms in total.